The largest absolute Gasteiger partial charge is 0.382 e. The Morgan fingerprint density at radius 2 is 2.28 bits per heavy atom. The van der Waals surface area contributed by atoms with Gasteiger partial charge in [-0.3, -0.25) is 14.3 Å². The number of hydrogen-bond donors (Lipinski definition) is 1. The second-order valence-electron chi connectivity index (χ2n) is 4.78. The predicted octanol–water partition coefficient (Wildman–Crippen LogP) is 0.415. The molecule has 6 nitrogen and oxygen atoms in total. The minimum Gasteiger partial charge on any atom is -0.382 e. The van der Waals surface area contributed by atoms with E-state index in [1.807, 2.05) is 0 Å². The summed E-state index contributed by atoms with van der Waals surface area (Å²) < 4.78 is 12.3. The van der Waals surface area contributed by atoms with Crippen LogP contribution in [-0.2, 0) is 9.47 Å². The Hall–Kier alpha value is -1.40. The zero-order valence-corrected chi connectivity index (χ0v) is 10.8. The molecule has 0 bridgehead atoms. The standard InChI is InChI=1S/C12H18N2O4/c1-7-4-10(18-9(7)6-17-3)14-5-8(2)11(15)13-12(14)16/h5,7,9-10H,4,6H2,1-3H3,(H,13,15,16)/t7?,9-,10-/m1/s1. The summed E-state index contributed by atoms with van der Waals surface area (Å²) in [5, 5.41) is 0. The first-order chi connectivity index (χ1) is 8.52. The van der Waals surface area contributed by atoms with Gasteiger partial charge in [-0.25, -0.2) is 4.79 Å². The highest BCUT2D eigenvalue weighted by Gasteiger charge is 2.33. The molecule has 1 unspecified atom stereocenters. The summed E-state index contributed by atoms with van der Waals surface area (Å²) in [6.07, 6.45) is 1.94. The van der Waals surface area contributed by atoms with Crippen molar-refractivity contribution in [3.63, 3.8) is 0 Å². The van der Waals surface area contributed by atoms with Crippen molar-refractivity contribution in [1.82, 2.24) is 9.55 Å². The third-order valence-corrected chi connectivity index (χ3v) is 3.33. The summed E-state index contributed by atoms with van der Waals surface area (Å²) in [5.74, 6) is 0.314. The van der Waals surface area contributed by atoms with E-state index in [1.165, 1.54) is 4.57 Å². The molecule has 1 fully saturated rings. The average Bonchev–Trinajstić information content (AvgIpc) is 2.66. The first kappa shape index (κ1) is 13.0. The molecule has 1 saturated heterocycles. The summed E-state index contributed by atoms with van der Waals surface area (Å²) in [4.78, 5) is 25.3. The molecule has 1 aromatic heterocycles. The van der Waals surface area contributed by atoms with Gasteiger partial charge in [0.05, 0.1) is 12.7 Å². The number of ether oxygens (including phenoxy) is 2. The van der Waals surface area contributed by atoms with E-state index in [0.29, 0.717) is 18.1 Å². The molecular weight excluding hydrogens is 236 g/mol. The van der Waals surface area contributed by atoms with E-state index in [-0.39, 0.29) is 17.9 Å². The van der Waals surface area contributed by atoms with Crippen LogP contribution in [0.5, 0.6) is 0 Å². The van der Waals surface area contributed by atoms with Crippen LogP contribution in [0.15, 0.2) is 15.8 Å². The van der Waals surface area contributed by atoms with Crippen molar-refractivity contribution in [1.29, 1.82) is 0 Å². The molecule has 2 rings (SSSR count). The van der Waals surface area contributed by atoms with Gasteiger partial charge in [-0.1, -0.05) is 6.92 Å². The van der Waals surface area contributed by atoms with Gasteiger partial charge < -0.3 is 9.47 Å². The Labute approximate surface area is 105 Å². The first-order valence-corrected chi connectivity index (χ1v) is 5.99. The molecule has 0 radical (unpaired) electrons. The smallest absolute Gasteiger partial charge is 0.330 e. The van der Waals surface area contributed by atoms with Crippen molar-refractivity contribution in [2.75, 3.05) is 13.7 Å². The lowest BCUT2D eigenvalue weighted by Crippen LogP contribution is -2.33. The normalized spacial score (nSPS) is 27.6. The molecule has 2 heterocycles. The number of aryl methyl sites for hydroxylation is 1. The molecule has 1 aliphatic rings. The lowest BCUT2D eigenvalue weighted by atomic mass is 10.0. The molecule has 100 valence electrons. The molecule has 1 aliphatic heterocycles. The Morgan fingerprint density at radius 1 is 1.56 bits per heavy atom. The average molecular weight is 254 g/mol. The number of methoxy groups -OCH3 is 1. The molecule has 1 N–H and O–H groups in total. The van der Waals surface area contributed by atoms with Crippen molar-refractivity contribution in [3.05, 3.63) is 32.6 Å². The topological polar surface area (TPSA) is 73.3 Å². The minimum absolute atomic E-state index is 0.0147. The van der Waals surface area contributed by atoms with E-state index in [9.17, 15) is 9.59 Å². The minimum atomic E-state index is -0.430. The van der Waals surface area contributed by atoms with Crippen LogP contribution < -0.4 is 11.2 Å². The van der Waals surface area contributed by atoms with Crippen molar-refractivity contribution in [2.24, 2.45) is 5.92 Å². The molecule has 3 atom stereocenters. The lowest BCUT2D eigenvalue weighted by Gasteiger charge is -2.16. The summed E-state index contributed by atoms with van der Waals surface area (Å²) >= 11 is 0. The van der Waals surface area contributed by atoms with E-state index in [0.717, 1.165) is 6.42 Å². The van der Waals surface area contributed by atoms with Crippen LogP contribution in [-0.4, -0.2) is 29.4 Å². The number of aromatic nitrogens is 2. The maximum atomic E-state index is 11.7. The molecule has 0 spiro atoms. The van der Waals surface area contributed by atoms with Gasteiger partial charge in [0.15, 0.2) is 0 Å². The first-order valence-electron chi connectivity index (χ1n) is 5.99. The van der Waals surface area contributed by atoms with Crippen molar-refractivity contribution >= 4 is 0 Å². The van der Waals surface area contributed by atoms with Gasteiger partial charge in [-0.15, -0.1) is 0 Å². The summed E-state index contributed by atoms with van der Waals surface area (Å²) in [7, 11) is 1.62. The number of hydrogen-bond acceptors (Lipinski definition) is 4. The molecule has 18 heavy (non-hydrogen) atoms. The van der Waals surface area contributed by atoms with Crippen LogP contribution >= 0.6 is 0 Å². The molecule has 0 saturated carbocycles. The van der Waals surface area contributed by atoms with Gasteiger partial charge >= 0.3 is 5.69 Å². The van der Waals surface area contributed by atoms with Crippen LogP contribution in [0, 0.1) is 12.8 Å². The van der Waals surface area contributed by atoms with E-state index in [2.05, 4.69) is 11.9 Å². The third kappa shape index (κ3) is 2.39. The van der Waals surface area contributed by atoms with E-state index < -0.39 is 5.69 Å². The van der Waals surface area contributed by atoms with Gasteiger partial charge in [-0.05, 0) is 19.3 Å². The molecule has 1 aromatic rings. The molecule has 0 aliphatic carbocycles. The van der Waals surface area contributed by atoms with Crippen LogP contribution in [0.25, 0.3) is 0 Å². The number of rotatable bonds is 3. The van der Waals surface area contributed by atoms with Crippen LogP contribution in [0.1, 0.15) is 25.1 Å². The maximum Gasteiger partial charge on any atom is 0.330 e. The van der Waals surface area contributed by atoms with E-state index in [4.69, 9.17) is 9.47 Å². The van der Waals surface area contributed by atoms with E-state index in [1.54, 1.807) is 20.2 Å². The zero-order chi connectivity index (χ0) is 13.3. The Kier molecular flexibility index (Phi) is 3.68. The fourth-order valence-electron chi connectivity index (χ4n) is 2.21. The fourth-order valence-corrected chi connectivity index (χ4v) is 2.21. The number of nitrogens with one attached hydrogen (secondary N) is 1. The van der Waals surface area contributed by atoms with Gasteiger partial charge in [0.25, 0.3) is 5.56 Å². The second kappa shape index (κ2) is 5.07. The quantitative estimate of drug-likeness (QED) is 0.848. The predicted molar refractivity (Wildman–Crippen MR) is 65.6 cm³/mol. The maximum absolute atomic E-state index is 11.7. The number of H-pyrrole nitrogens is 1. The van der Waals surface area contributed by atoms with E-state index >= 15 is 0 Å². The third-order valence-electron chi connectivity index (χ3n) is 3.33. The molecule has 0 aromatic carbocycles. The summed E-state index contributed by atoms with van der Waals surface area (Å²) in [5.41, 5.74) is -0.280. The van der Waals surface area contributed by atoms with Crippen molar-refractivity contribution in [3.8, 4) is 0 Å². The zero-order valence-electron chi connectivity index (χ0n) is 10.8. The highest BCUT2D eigenvalue weighted by molar-refractivity contribution is 5.01. The Bertz CT molecular complexity index is 534. The highest BCUT2D eigenvalue weighted by atomic mass is 16.5. The van der Waals surface area contributed by atoms with Gasteiger partial charge in [0, 0.05) is 18.9 Å². The Morgan fingerprint density at radius 3 is 2.94 bits per heavy atom. The van der Waals surface area contributed by atoms with Crippen LogP contribution in [0.4, 0.5) is 0 Å². The van der Waals surface area contributed by atoms with Crippen LogP contribution in [0.3, 0.4) is 0 Å². The second-order valence-corrected chi connectivity index (χ2v) is 4.78. The van der Waals surface area contributed by atoms with Crippen molar-refractivity contribution < 1.29 is 9.47 Å². The van der Waals surface area contributed by atoms with Gasteiger partial charge in [0.2, 0.25) is 0 Å². The summed E-state index contributed by atoms with van der Waals surface area (Å²) in [6.45, 7) is 4.24. The van der Waals surface area contributed by atoms with Gasteiger partial charge in [-0.2, -0.15) is 0 Å². The van der Waals surface area contributed by atoms with Crippen molar-refractivity contribution in [2.45, 2.75) is 32.6 Å². The summed E-state index contributed by atoms with van der Waals surface area (Å²) in [6, 6.07) is 0. The van der Waals surface area contributed by atoms with Gasteiger partial charge in [0.1, 0.15) is 6.23 Å². The van der Waals surface area contributed by atoms with Crippen LogP contribution in [0.2, 0.25) is 0 Å². The number of aromatic amines is 1. The molecule has 0 amide bonds. The fraction of sp³-hybridized carbons (Fsp3) is 0.667. The SMILES string of the molecule is COC[C@H]1O[C@@H](n2cc(C)c(=O)[nH]c2=O)CC1C. The monoisotopic (exact) mass is 254 g/mol. The number of nitrogens with zero attached hydrogens (tertiary/aromatic N) is 1. The lowest BCUT2D eigenvalue weighted by molar-refractivity contribution is -0.0405. The molecular formula is C12H18N2O4. The molecule has 6 heteroatoms. The highest BCUT2D eigenvalue weighted by Crippen LogP contribution is 2.32. The Balaban J connectivity index is 2.26.